The minimum atomic E-state index is -0.0643. The van der Waals surface area contributed by atoms with Crippen molar-refractivity contribution >= 4 is 5.69 Å². The van der Waals surface area contributed by atoms with Crippen LogP contribution in [0.5, 0.6) is 11.5 Å². The summed E-state index contributed by atoms with van der Waals surface area (Å²) in [7, 11) is 0. The number of aryl methyl sites for hydroxylation is 1. The van der Waals surface area contributed by atoms with Gasteiger partial charge in [0.1, 0.15) is 11.5 Å². The Bertz CT molecular complexity index is 652. The average molecular weight is 283 g/mol. The highest BCUT2D eigenvalue weighted by Crippen LogP contribution is 2.33. The third-order valence-electron chi connectivity index (χ3n) is 4.25. The number of fused-ring (bicyclic) bond motifs is 1. The first-order valence-corrected chi connectivity index (χ1v) is 7.54. The molecule has 1 aliphatic rings. The van der Waals surface area contributed by atoms with Crippen molar-refractivity contribution < 1.29 is 10.2 Å². The Balaban J connectivity index is 1.88. The Morgan fingerprint density at radius 1 is 1.05 bits per heavy atom. The van der Waals surface area contributed by atoms with E-state index >= 15 is 0 Å². The van der Waals surface area contributed by atoms with Crippen LogP contribution in [-0.4, -0.2) is 10.2 Å². The number of rotatable bonds is 3. The zero-order valence-corrected chi connectivity index (χ0v) is 12.3. The Kier molecular flexibility index (Phi) is 3.74. The van der Waals surface area contributed by atoms with Crippen LogP contribution < -0.4 is 5.32 Å². The molecule has 1 atom stereocenters. The quantitative estimate of drug-likeness (QED) is 0.742. The molecule has 0 saturated heterocycles. The molecular formula is C18H21NO2. The molecule has 1 aliphatic carbocycles. The van der Waals surface area contributed by atoms with Crippen molar-refractivity contribution in [3.63, 3.8) is 0 Å². The number of benzene rings is 2. The maximum Gasteiger partial charge on any atom is 0.121 e. The maximum atomic E-state index is 9.97. The lowest BCUT2D eigenvalue weighted by atomic mass is 9.90. The largest absolute Gasteiger partial charge is 0.508 e. The SMILES string of the molecule is CC(Nc1cccc2c1CCCC2)c1cc(O)ccc1O. The van der Waals surface area contributed by atoms with Gasteiger partial charge in [-0.05, 0) is 68.0 Å². The van der Waals surface area contributed by atoms with E-state index < -0.39 is 0 Å². The molecule has 21 heavy (non-hydrogen) atoms. The number of hydrogen-bond acceptors (Lipinski definition) is 3. The summed E-state index contributed by atoms with van der Waals surface area (Å²) >= 11 is 0. The van der Waals surface area contributed by atoms with Gasteiger partial charge in [0.2, 0.25) is 0 Å². The van der Waals surface area contributed by atoms with Crippen LogP contribution in [0, 0.1) is 0 Å². The molecular weight excluding hydrogens is 262 g/mol. The van der Waals surface area contributed by atoms with E-state index in [1.54, 1.807) is 6.07 Å². The molecule has 110 valence electrons. The number of anilines is 1. The van der Waals surface area contributed by atoms with E-state index in [-0.39, 0.29) is 17.5 Å². The van der Waals surface area contributed by atoms with Gasteiger partial charge in [0, 0.05) is 11.3 Å². The normalized spacial score (nSPS) is 15.3. The molecule has 0 radical (unpaired) electrons. The third kappa shape index (κ3) is 2.82. The molecule has 2 aromatic carbocycles. The van der Waals surface area contributed by atoms with Crippen LogP contribution >= 0.6 is 0 Å². The number of phenolic OH excluding ortho intramolecular Hbond substituents is 2. The fourth-order valence-electron chi connectivity index (χ4n) is 3.12. The van der Waals surface area contributed by atoms with E-state index in [0.717, 1.165) is 18.5 Å². The molecule has 0 heterocycles. The molecule has 0 amide bonds. The molecule has 3 N–H and O–H groups in total. The Morgan fingerprint density at radius 3 is 2.71 bits per heavy atom. The van der Waals surface area contributed by atoms with Gasteiger partial charge in [-0.2, -0.15) is 0 Å². The monoisotopic (exact) mass is 283 g/mol. The second-order valence-corrected chi connectivity index (χ2v) is 5.76. The smallest absolute Gasteiger partial charge is 0.121 e. The summed E-state index contributed by atoms with van der Waals surface area (Å²) in [5.74, 6) is 0.379. The molecule has 2 aromatic rings. The standard InChI is InChI=1S/C18H21NO2/c1-12(16-11-14(20)9-10-18(16)21)19-17-8-4-6-13-5-2-3-7-15(13)17/h4,6,8-12,19-21H,2-3,5,7H2,1H3. The van der Waals surface area contributed by atoms with Crippen LogP contribution in [0.3, 0.4) is 0 Å². The van der Waals surface area contributed by atoms with Crippen LogP contribution in [-0.2, 0) is 12.8 Å². The van der Waals surface area contributed by atoms with Crippen molar-refractivity contribution in [2.45, 2.75) is 38.6 Å². The summed E-state index contributed by atoms with van der Waals surface area (Å²) < 4.78 is 0. The van der Waals surface area contributed by atoms with Gasteiger partial charge >= 0.3 is 0 Å². The second kappa shape index (κ2) is 5.68. The highest BCUT2D eigenvalue weighted by atomic mass is 16.3. The number of nitrogens with one attached hydrogen (secondary N) is 1. The van der Waals surface area contributed by atoms with E-state index in [4.69, 9.17) is 0 Å². The van der Waals surface area contributed by atoms with Gasteiger partial charge in [-0.3, -0.25) is 0 Å². The van der Waals surface area contributed by atoms with Crippen LogP contribution in [0.4, 0.5) is 5.69 Å². The third-order valence-corrected chi connectivity index (χ3v) is 4.25. The predicted molar refractivity (Wildman–Crippen MR) is 84.9 cm³/mol. The first kappa shape index (κ1) is 13.8. The minimum absolute atomic E-state index is 0.0643. The lowest BCUT2D eigenvalue weighted by Gasteiger charge is -2.23. The fourth-order valence-corrected chi connectivity index (χ4v) is 3.12. The first-order valence-electron chi connectivity index (χ1n) is 7.54. The molecule has 0 aliphatic heterocycles. The first-order chi connectivity index (χ1) is 10.1. The molecule has 3 rings (SSSR count). The predicted octanol–water partition coefficient (Wildman–Crippen LogP) is 4.15. The molecule has 0 fully saturated rings. The summed E-state index contributed by atoms with van der Waals surface area (Å²) in [4.78, 5) is 0. The van der Waals surface area contributed by atoms with Crippen LogP contribution in [0.15, 0.2) is 36.4 Å². The molecule has 1 unspecified atom stereocenters. The van der Waals surface area contributed by atoms with Crippen molar-refractivity contribution in [2.24, 2.45) is 0 Å². The van der Waals surface area contributed by atoms with Gasteiger partial charge in [-0.25, -0.2) is 0 Å². The molecule has 0 saturated carbocycles. The van der Waals surface area contributed by atoms with Crippen LogP contribution in [0.25, 0.3) is 0 Å². The van der Waals surface area contributed by atoms with Crippen LogP contribution in [0.1, 0.15) is 42.5 Å². The van der Waals surface area contributed by atoms with Crippen LogP contribution in [0.2, 0.25) is 0 Å². The summed E-state index contributed by atoms with van der Waals surface area (Å²) in [5, 5.41) is 23.1. The second-order valence-electron chi connectivity index (χ2n) is 5.76. The lowest BCUT2D eigenvalue weighted by molar-refractivity contribution is 0.451. The van der Waals surface area contributed by atoms with Crippen molar-refractivity contribution in [3.05, 3.63) is 53.1 Å². The van der Waals surface area contributed by atoms with Crippen molar-refractivity contribution in [2.75, 3.05) is 5.32 Å². The zero-order valence-electron chi connectivity index (χ0n) is 12.3. The Morgan fingerprint density at radius 2 is 1.86 bits per heavy atom. The fraction of sp³-hybridized carbons (Fsp3) is 0.333. The Hall–Kier alpha value is -2.16. The van der Waals surface area contributed by atoms with Crippen molar-refractivity contribution in [1.29, 1.82) is 0 Å². The van der Waals surface area contributed by atoms with E-state index in [2.05, 4.69) is 23.5 Å². The molecule has 0 aromatic heterocycles. The van der Waals surface area contributed by atoms with Gasteiger partial charge < -0.3 is 15.5 Å². The van der Waals surface area contributed by atoms with Gasteiger partial charge in [0.05, 0.1) is 6.04 Å². The molecule has 0 spiro atoms. The number of aromatic hydroxyl groups is 2. The van der Waals surface area contributed by atoms with Gasteiger partial charge in [-0.15, -0.1) is 0 Å². The summed E-state index contributed by atoms with van der Waals surface area (Å²) in [6.07, 6.45) is 4.75. The van der Waals surface area contributed by atoms with E-state index in [9.17, 15) is 10.2 Å². The summed E-state index contributed by atoms with van der Waals surface area (Å²) in [6, 6.07) is 11.0. The highest BCUT2D eigenvalue weighted by molar-refractivity contribution is 5.57. The number of phenols is 2. The maximum absolute atomic E-state index is 9.97. The van der Waals surface area contributed by atoms with Crippen molar-refractivity contribution in [1.82, 2.24) is 0 Å². The van der Waals surface area contributed by atoms with E-state index in [1.807, 2.05) is 6.92 Å². The molecule has 3 heteroatoms. The topological polar surface area (TPSA) is 52.5 Å². The highest BCUT2D eigenvalue weighted by Gasteiger charge is 2.16. The van der Waals surface area contributed by atoms with E-state index in [0.29, 0.717) is 5.56 Å². The minimum Gasteiger partial charge on any atom is -0.508 e. The molecule has 0 bridgehead atoms. The zero-order chi connectivity index (χ0) is 14.8. The molecule has 3 nitrogen and oxygen atoms in total. The van der Waals surface area contributed by atoms with Gasteiger partial charge in [0.25, 0.3) is 0 Å². The Labute approximate surface area is 125 Å². The van der Waals surface area contributed by atoms with E-state index in [1.165, 1.54) is 36.1 Å². The van der Waals surface area contributed by atoms with Gasteiger partial charge in [0.15, 0.2) is 0 Å². The van der Waals surface area contributed by atoms with Crippen molar-refractivity contribution in [3.8, 4) is 11.5 Å². The summed E-state index contributed by atoms with van der Waals surface area (Å²) in [5.41, 5.74) is 4.68. The summed E-state index contributed by atoms with van der Waals surface area (Å²) in [6.45, 7) is 2.00. The lowest BCUT2D eigenvalue weighted by Crippen LogP contribution is -2.12. The number of hydrogen-bond donors (Lipinski definition) is 3. The average Bonchev–Trinajstić information content (AvgIpc) is 2.50. The van der Waals surface area contributed by atoms with Gasteiger partial charge in [-0.1, -0.05) is 12.1 Å².